The molecule has 0 saturated heterocycles. The number of carbonyl (C=O) groups excluding carboxylic acids is 2. The predicted molar refractivity (Wildman–Crippen MR) is 60.8 cm³/mol. The third-order valence-electron chi connectivity index (χ3n) is 2.29. The lowest BCUT2D eigenvalue weighted by Gasteiger charge is -2.09. The highest BCUT2D eigenvalue weighted by Crippen LogP contribution is 2.12. The summed E-state index contributed by atoms with van der Waals surface area (Å²) in [6.07, 6.45) is 4.61. The van der Waals surface area contributed by atoms with Crippen molar-refractivity contribution < 1.29 is 19.1 Å². The lowest BCUT2D eigenvalue weighted by molar-refractivity contribution is -0.156. The van der Waals surface area contributed by atoms with Gasteiger partial charge in [-0.15, -0.1) is 0 Å². The Bertz CT molecular complexity index is 252. The number of hydrogen-bond acceptors (Lipinski definition) is 4. The van der Waals surface area contributed by atoms with Gasteiger partial charge in [-0.3, -0.25) is 9.59 Å². The molecule has 4 heteroatoms. The van der Waals surface area contributed by atoms with E-state index in [2.05, 4.69) is 16.4 Å². The first-order valence-corrected chi connectivity index (χ1v) is 5.39. The van der Waals surface area contributed by atoms with Gasteiger partial charge in [0.15, 0.2) is 5.92 Å². The van der Waals surface area contributed by atoms with Crippen molar-refractivity contribution in [3.8, 4) is 0 Å². The molecule has 0 aromatic carbocycles. The Hall–Kier alpha value is -1.32. The Morgan fingerprint density at radius 2 is 1.69 bits per heavy atom. The normalized spacial score (nSPS) is 11.4. The number of unbranched alkanes of at least 4 members (excludes halogenated alkanes) is 1. The smallest absolute Gasteiger partial charge is 0.323 e. The van der Waals surface area contributed by atoms with Crippen LogP contribution >= 0.6 is 0 Å². The SMILES string of the molecule is CCCC/C(C)=C/C(C(=O)OC)C(=O)OC. The highest BCUT2D eigenvalue weighted by Gasteiger charge is 2.26. The molecule has 4 nitrogen and oxygen atoms in total. The number of allylic oxidation sites excluding steroid dienone is 1. The molecule has 0 aromatic rings. The van der Waals surface area contributed by atoms with E-state index in [0.29, 0.717) is 0 Å². The molecule has 0 aliphatic carbocycles. The first-order chi connectivity index (χ1) is 7.56. The maximum Gasteiger partial charge on any atom is 0.323 e. The van der Waals surface area contributed by atoms with Crippen molar-refractivity contribution >= 4 is 11.9 Å². The van der Waals surface area contributed by atoms with Gasteiger partial charge in [-0.2, -0.15) is 0 Å². The summed E-state index contributed by atoms with van der Waals surface area (Å²) in [6, 6.07) is 0. The van der Waals surface area contributed by atoms with Gasteiger partial charge in [0.2, 0.25) is 0 Å². The Kier molecular flexibility index (Phi) is 7.25. The minimum absolute atomic E-state index is 0.581. The van der Waals surface area contributed by atoms with Crippen LogP contribution < -0.4 is 0 Å². The lowest BCUT2D eigenvalue weighted by atomic mass is 10.0. The van der Waals surface area contributed by atoms with E-state index in [9.17, 15) is 9.59 Å². The van der Waals surface area contributed by atoms with Crippen LogP contribution in [0, 0.1) is 5.92 Å². The van der Waals surface area contributed by atoms with Crippen LogP contribution in [0.3, 0.4) is 0 Å². The molecule has 0 aromatic heterocycles. The Balaban J connectivity index is 4.64. The lowest BCUT2D eigenvalue weighted by Crippen LogP contribution is -2.24. The first-order valence-electron chi connectivity index (χ1n) is 5.39. The summed E-state index contributed by atoms with van der Waals surface area (Å²) in [5.41, 5.74) is 1.00. The molecule has 0 saturated carbocycles. The summed E-state index contributed by atoms with van der Waals surface area (Å²) in [5.74, 6) is -2.10. The van der Waals surface area contributed by atoms with E-state index in [4.69, 9.17) is 0 Å². The molecule has 0 bridgehead atoms. The quantitative estimate of drug-likeness (QED) is 0.397. The van der Waals surface area contributed by atoms with Crippen LogP contribution in [0.2, 0.25) is 0 Å². The minimum atomic E-state index is -0.938. The molecule has 0 atom stereocenters. The monoisotopic (exact) mass is 228 g/mol. The number of methoxy groups -OCH3 is 2. The van der Waals surface area contributed by atoms with Gasteiger partial charge in [-0.05, 0) is 19.8 Å². The van der Waals surface area contributed by atoms with Crippen molar-refractivity contribution in [2.24, 2.45) is 5.92 Å². The van der Waals surface area contributed by atoms with Gasteiger partial charge in [0, 0.05) is 0 Å². The number of ether oxygens (including phenoxy) is 2. The van der Waals surface area contributed by atoms with Crippen LogP contribution in [0.5, 0.6) is 0 Å². The fourth-order valence-corrected chi connectivity index (χ4v) is 1.31. The number of hydrogen-bond donors (Lipinski definition) is 0. The van der Waals surface area contributed by atoms with Crippen molar-refractivity contribution in [2.45, 2.75) is 33.1 Å². The van der Waals surface area contributed by atoms with Crippen LogP contribution in [0.4, 0.5) is 0 Å². The van der Waals surface area contributed by atoms with Gasteiger partial charge in [-0.1, -0.05) is 25.0 Å². The maximum atomic E-state index is 11.4. The van der Waals surface area contributed by atoms with Crippen LogP contribution in [0.1, 0.15) is 33.1 Å². The van der Waals surface area contributed by atoms with Crippen LogP contribution in [0.25, 0.3) is 0 Å². The highest BCUT2D eigenvalue weighted by atomic mass is 16.5. The Morgan fingerprint density at radius 1 is 1.19 bits per heavy atom. The number of carbonyl (C=O) groups is 2. The van der Waals surface area contributed by atoms with Crippen LogP contribution in [0.15, 0.2) is 11.6 Å². The van der Waals surface area contributed by atoms with E-state index >= 15 is 0 Å². The summed E-state index contributed by atoms with van der Waals surface area (Å²) in [6.45, 7) is 3.99. The molecule has 0 N–H and O–H groups in total. The predicted octanol–water partition coefficient (Wildman–Crippen LogP) is 2.09. The van der Waals surface area contributed by atoms with E-state index in [1.165, 1.54) is 14.2 Å². The molecule has 0 unspecified atom stereocenters. The topological polar surface area (TPSA) is 52.6 Å². The molecule has 0 aliphatic heterocycles. The molecule has 0 rings (SSSR count). The number of rotatable bonds is 6. The molecule has 0 aliphatic rings. The second-order valence-corrected chi connectivity index (χ2v) is 3.64. The largest absolute Gasteiger partial charge is 0.468 e. The molecule has 0 heterocycles. The standard InChI is InChI=1S/C12H20O4/c1-5-6-7-9(2)8-10(11(13)15-3)12(14)16-4/h8,10H,5-7H2,1-4H3/b9-8+. The van der Waals surface area contributed by atoms with Gasteiger partial charge in [0.05, 0.1) is 14.2 Å². The molecule has 92 valence electrons. The van der Waals surface area contributed by atoms with E-state index in [1.807, 2.05) is 6.92 Å². The van der Waals surface area contributed by atoms with Crippen LogP contribution in [-0.2, 0) is 19.1 Å². The number of esters is 2. The molecular weight excluding hydrogens is 208 g/mol. The second kappa shape index (κ2) is 7.91. The van der Waals surface area contributed by atoms with Gasteiger partial charge in [0.1, 0.15) is 0 Å². The highest BCUT2D eigenvalue weighted by molar-refractivity contribution is 5.96. The zero-order valence-corrected chi connectivity index (χ0v) is 10.4. The van der Waals surface area contributed by atoms with Gasteiger partial charge >= 0.3 is 11.9 Å². The molecule has 0 fully saturated rings. The van der Waals surface area contributed by atoms with E-state index < -0.39 is 17.9 Å². The maximum absolute atomic E-state index is 11.4. The molecule has 0 spiro atoms. The van der Waals surface area contributed by atoms with Gasteiger partial charge in [-0.25, -0.2) is 0 Å². The first kappa shape index (κ1) is 14.7. The van der Waals surface area contributed by atoms with Crippen molar-refractivity contribution in [1.29, 1.82) is 0 Å². The fraction of sp³-hybridized carbons (Fsp3) is 0.667. The average molecular weight is 228 g/mol. The van der Waals surface area contributed by atoms with Gasteiger partial charge in [0.25, 0.3) is 0 Å². The minimum Gasteiger partial charge on any atom is -0.468 e. The third kappa shape index (κ3) is 4.96. The third-order valence-corrected chi connectivity index (χ3v) is 2.29. The summed E-state index contributed by atoms with van der Waals surface area (Å²) < 4.78 is 9.11. The van der Waals surface area contributed by atoms with E-state index in [0.717, 1.165) is 24.8 Å². The van der Waals surface area contributed by atoms with E-state index in [-0.39, 0.29) is 0 Å². The molecule has 0 radical (unpaired) electrons. The Morgan fingerprint density at radius 3 is 2.06 bits per heavy atom. The summed E-state index contributed by atoms with van der Waals surface area (Å²) in [5, 5.41) is 0. The molecule has 16 heavy (non-hydrogen) atoms. The summed E-state index contributed by atoms with van der Waals surface area (Å²) in [7, 11) is 2.51. The van der Waals surface area contributed by atoms with E-state index in [1.54, 1.807) is 6.08 Å². The summed E-state index contributed by atoms with van der Waals surface area (Å²) in [4.78, 5) is 22.7. The molecule has 0 amide bonds. The van der Waals surface area contributed by atoms with Crippen molar-refractivity contribution in [3.63, 3.8) is 0 Å². The van der Waals surface area contributed by atoms with Crippen molar-refractivity contribution in [3.05, 3.63) is 11.6 Å². The van der Waals surface area contributed by atoms with Crippen LogP contribution in [-0.4, -0.2) is 26.2 Å². The van der Waals surface area contributed by atoms with Gasteiger partial charge < -0.3 is 9.47 Å². The summed E-state index contributed by atoms with van der Waals surface area (Å²) >= 11 is 0. The molecular formula is C12H20O4. The average Bonchev–Trinajstić information content (AvgIpc) is 2.31. The second-order valence-electron chi connectivity index (χ2n) is 3.64. The van der Waals surface area contributed by atoms with Crippen molar-refractivity contribution in [1.82, 2.24) is 0 Å². The Labute approximate surface area is 96.6 Å². The zero-order chi connectivity index (χ0) is 12.6. The van der Waals surface area contributed by atoms with Crippen molar-refractivity contribution in [2.75, 3.05) is 14.2 Å². The zero-order valence-electron chi connectivity index (χ0n) is 10.4. The fourth-order valence-electron chi connectivity index (χ4n) is 1.31.